The number of halogens is 1. The second-order valence-corrected chi connectivity index (χ2v) is 4.16. The second kappa shape index (κ2) is 6.40. The van der Waals surface area contributed by atoms with Crippen molar-refractivity contribution in [1.82, 2.24) is 0 Å². The molecule has 0 saturated carbocycles. The standard InChI is InChI=1S/C13H15ClO3/c1-3-17-13(16)8-12(15)9(2)10-4-6-11(14)7-5-10/h4-7,9H,3,8H2,1-2H3. The van der Waals surface area contributed by atoms with Gasteiger partial charge in [-0.25, -0.2) is 0 Å². The molecule has 3 nitrogen and oxygen atoms in total. The van der Waals surface area contributed by atoms with Crippen molar-refractivity contribution >= 4 is 23.4 Å². The Morgan fingerprint density at radius 1 is 1.29 bits per heavy atom. The monoisotopic (exact) mass is 254 g/mol. The van der Waals surface area contributed by atoms with Gasteiger partial charge >= 0.3 is 5.97 Å². The summed E-state index contributed by atoms with van der Waals surface area (Å²) in [4.78, 5) is 23.0. The van der Waals surface area contributed by atoms with Gasteiger partial charge in [0.15, 0.2) is 5.78 Å². The third kappa shape index (κ3) is 4.19. The maximum absolute atomic E-state index is 11.8. The summed E-state index contributed by atoms with van der Waals surface area (Å²) in [5.41, 5.74) is 0.851. The molecule has 0 N–H and O–H groups in total. The number of ether oxygens (including phenoxy) is 1. The van der Waals surface area contributed by atoms with E-state index in [1.165, 1.54) is 0 Å². The molecule has 0 saturated heterocycles. The first-order valence-electron chi connectivity index (χ1n) is 5.48. The van der Waals surface area contributed by atoms with Crippen LogP contribution in [0.25, 0.3) is 0 Å². The number of Topliss-reactive ketones (excluding diaryl/α,β-unsaturated/α-hetero) is 1. The van der Waals surface area contributed by atoms with Gasteiger partial charge in [0.05, 0.1) is 6.61 Å². The van der Waals surface area contributed by atoms with E-state index in [1.54, 1.807) is 38.1 Å². The summed E-state index contributed by atoms with van der Waals surface area (Å²) in [6, 6.07) is 7.03. The van der Waals surface area contributed by atoms with Gasteiger partial charge in [0.25, 0.3) is 0 Å². The maximum atomic E-state index is 11.8. The minimum atomic E-state index is -0.474. The van der Waals surface area contributed by atoms with Crippen LogP contribution in [-0.2, 0) is 14.3 Å². The Kier molecular flexibility index (Phi) is 5.16. The number of carbonyl (C=O) groups excluding carboxylic acids is 2. The van der Waals surface area contributed by atoms with Crippen molar-refractivity contribution in [2.45, 2.75) is 26.2 Å². The van der Waals surface area contributed by atoms with Crippen LogP contribution in [0.15, 0.2) is 24.3 Å². The fourth-order valence-corrected chi connectivity index (χ4v) is 1.57. The van der Waals surface area contributed by atoms with Gasteiger partial charge in [-0.1, -0.05) is 30.7 Å². The van der Waals surface area contributed by atoms with Crippen LogP contribution in [0.5, 0.6) is 0 Å². The van der Waals surface area contributed by atoms with Gasteiger partial charge in [0, 0.05) is 10.9 Å². The lowest BCUT2D eigenvalue weighted by Gasteiger charge is -2.10. The highest BCUT2D eigenvalue weighted by molar-refractivity contribution is 6.30. The molecule has 0 aliphatic heterocycles. The van der Waals surface area contributed by atoms with Gasteiger partial charge in [-0.3, -0.25) is 9.59 Å². The first kappa shape index (κ1) is 13.7. The van der Waals surface area contributed by atoms with E-state index in [0.717, 1.165) is 5.56 Å². The zero-order valence-corrected chi connectivity index (χ0v) is 10.7. The number of benzene rings is 1. The van der Waals surface area contributed by atoms with Crippen LogP contribution in [0.1, 0.15) is 31.7 Å². The molecule has 1 unspecified atom stereocenters. The lowest BCUT2D eigenvalue weighted by atomic mass is 9.95. The Morgan fingerprint density at radius 3 is 2.41 bits per heavy atom. The summed E-state index contributed by atoms with van der Waals surface area (Å²) >= 11 is 5.76. The van der Waals surface area contributed by atoms with E-state index in [9.17, 15) is 9.59 Å². The number of carbonyl (C=O) groups is 2. The van der Waals surface area contributed by atoms with Crippen LogP contribution >= 0.6 is 11.6 Å². The Morgan fingerprint density at radius 2 is 1.88 bits per heavy atom. The Hall–Kier alpha value is -1.35. The predicted molar refractivity (Wildman–Crippen MR) is 66.1 cm³/mol. The summed E-state index contributed by atoms with van der Waals surface area (Å²) in [6.07, 6.45) is -0.183. The van der Waals surface area contributed by atoms with Crippen molar-refractivity contribution in [3.05, 3.63) is 34.9 Å². The highest BCUT2D eigenvalue weighted by atomic mass is 35.5. The topological polar surface area (TPSA) is 43.4 Å². The molecule has 0 radical (unpaired) electrons. The maximum Gasteiger partial charge on any atom is 0.313 e. The summed E-state index contributed by atoms with van der Waals surface area (Å²) in [6.45, 7) is 3.78. The normalized spacial score (nSPS) is 11.9. The molecule has 0 heterocycles. The molecule has 4 heteroatoms. The molecule has 0 fully saturated rings. The molecule has 0 amide bonds. The van der Waals surface area contributed by atoms with E-state index < -0.39 is 5.97 Å². The van der Waals surface area contributed by atoms with Gasteiger partial charge in [-0.15, -0.1) is 0 Å². The third-order valence-electron chi connectivity index (χ3n) is 2.48. The summed E-state index contributed by atoms with van der Waals surface area (Å²) < 4.78 is 4.74. The van der Waals surface area contributed by atoms with Crippen molar-refractivity contribution < 1.29 is 14.3 Å². The van der Waals surface area contributed by atoms with E-state index >= 15 is 0 Å². The fraction of sp³-hybridized carbons (Fsp3) is 0.385. The number of ketones is 1. The van der Waals surface area contributed by atoms with Crippen molar-refractivity contribution in [1.29, 1.82) is 0 Å². The highest BCUT2D eigenvalue weighted by Gasteiger charge is 2.18. The van der Waals surface area contributed by atoms with Crippen molar-refractivity contribution in [2.75, 3.05) is 6.61 Å². The lowest BCUT2D eigenvalue weighted by molar-refractivity contribution is -0.145. The molecule has 92 valence electrons. The molecule has 1 aromatic carbocycles. The van der Waals surface area contributed by atoms with Gasteiger partial charge in [0.1, 0.15) is 6.42 Å². The third-order valence-corrected chi connectivity index (χ3v) is 2.73. The van der Waals surface area contributed by atoms with Crippen molar-refractivity contribution in [2.24, 2.45) is 0 Å². The largest absolute Gasteiger partial charge is 0.466 e. The van der Waals surface area contributed by atoms with Gasteiger partial charge in [-0.05, 0) is 24.6 Å². The molecular formula is C13H15ClO3. The molecule has 0 aliphatic carbocycles. The van der Waals surface area contributed by atoms with Crippen LogP contribution in [-0.4, -0.2) is 18.4 Å². The Labute approximate surface area is 106 Å². The smallest absolute Gasteiger partial charge is 0.313 e. The average Bonchev–Trinajstić information content (AvgIpc) is 2.29. The minimum Gasteiger partial charge on any atom is -0.466 e. The molecule has 0 aliphatic rings. The minimum absolute atomic E-state index is 0.147. The summed E-state index contributed by atoms with van der Waals surface area (Å²) in [5.74, 6) is -0.944. The molecule has 1 rings (SSSR count). The first-order valence-corrected chi connectivity index (χ1v) is 5.86. The molecular weight excluding hydrogens is 240 g/mol. The van der Waals surface area contributed by atoms with E-state index in [-0.39, 0.29) is 18.1 Å². The molecule has 1 atom stereocenters. The van der Waals surface area contributed by atoms with E-state index in [0.29, 0.717) is 11.6 Å². The van der Waals surface area contributed by atoms with Crippen LogP contribution in [0.4, 0.5) is 0 Å². The summed E-state index contributed by atoms with van der Waals surface area (Å²) in [7, 11) is 0. The van der Waals surface area contributed by atoms with E-state index in [2.05, 4.69) is 0 Å². The lowest BCUT2D eigenvalue weighted by Crippen LogP contribution is -2.16. The molecule has 0 spiro atoms. The van der Waals surface area contributed by atoms with Crippen LogP contribution < -0.4 is 0 Å². The van der Waals surface area contributed by atoms with Gasteiger partial charge in [0.2, 0.25) is 0 Å². The molecule has 0 aromatic heterocycles. The Balaban J connectivity index is 2.63. The second-order valence-electron chi connectivity index (χ2n) is 3.72. The van der Waals surface area contributed by atoms with Crippen LogP contribution in [0.2, 0.25) is 5.02 Å². The summed E-state index contributed by atoms with van der Waals surface area (Å²) in [5, 5.41) is 0.624. The SMILES string of the molecule is CCOC(=O)CC(=O)C(C)c1ccc(Cl)cc1. The Bertz CT molecular complexity index is 398. The quantitative estimate of drug-likeness (QED) is 0.599. The number of esters is 1. The van der Waals surface area contributed by atoms with E-state index in [4.69, 9.17) is 16.3 Å². The van der Waals surface area contributed by atoms with E-state index in [1.807, 2.05) is 0 Å². The molecule has 0 bridgehead atoms. The van der Waals surface area contributed by atoms with Gasteiger partial charge < -0.3 is 4.74 Å². The van der Waals surface area contributed by atoms with Crippen LogP contribution in [0.3, 0.4) is 0 Å². The molecule has 17 heavy (non-hydrogen) atoms. The highest BCUT2D eigenvalue weighted by Crippen LogP contribution is 2.20. The number of rotatable bonds is 5. The van der Waals surface area contributed by atoms with Crippen LogP contribution in [0, 0.1) is 0 Å². The zero-order valence-electron chi connectivity index (χ0n) is 9.90. The van der Waals surface area contributed by atoms with Crippen molar-refractivity contribution in [3.63, 3.8) is 0 Å². The zero-order chi connectivity index (χ0) is 12.8. The predicted octanol–water partition coefficient (Wildman–Crippen LogP) is 2.97. The fourth-order valence-electron chi connectivity index (χ4n) is 1.44. The first-order chi connectivity index (χ1) is 8.04. The number of hydrogen-bond donors (Lipinski definition) is 0. The average molecular weight is 255 g/mol. The number of hydrogen-bond acceptors (Lipinski definition) is 3. The van der Waals surface area contributed by atoms with Crippen molar-refractivity contribution in [3.8, 4) is 0 Å². The van der Waals surface area contributed by atoms with Gasteiger partial charge in [-0.2, -0.15) is 0 Å². The molecule has 1 aromatic rings.